The van der Waals surface area contributed by atoms with Crippen molar-refractivity contribution in [2.24, 2.45) is 5.41 Å². The predicted octanol–water partition coefficient (Wildman–Crippen LogP) is 4.20. The molecule has 0 bridgehead atoms. The van der Waals surface area contributed by atoms with Gasteiger partial charge in [-0.3, -0.25) is 9.80 Å². The van der Waals surface area contributed by atoms with Crippen LogP contribution < -0.4 is 5.01 Å². The van der Waals surface area contributed by atoms with Gasteiger partial charge in [0.05, 0.1) is 48.9 Å². The Morgan fingerprint density at radius 1 is 1.05 bits per heavy atom. The molecule has 5 heterocycles. The number of carbonyl (C=O) groups is 1. The number of piperidine rings is 1. The quantitative estimate of drug-likeness (QED) is 0.411. The second kappa shape index (κ2) is 13.0. The van der Waals surface area contributed by atoms with Crippen LogP contribution in [0.2, 0.25) is 0 Å². The number of nitrogens with zero attached hydrogens (tertiary/aromatic N) is 6. The maximum Gasteiger partial charge on any atom is 0.240 e. The van der Waals surface area contributed by atoms with Crippen LogP contribution in [-0.4, -0.2) is 94.9 Å². The number of amides is 1. The van der Waals surface area contributed by atoms with Gasteiger partial charge in [-0.05, 0) is 62.9 Å². The van der Waals surface area contributed by atoms with Crippen molar-refractivity contribution in [1.29, 1.82) is 0 Å². The molecule has 0 atom stereocenters. The largest absolute Gasteiger partial charge is 0.379 e. The zero-order valence-electron chi connectivity index (χ0n) is 24.9. The summed E-state index contributed by atoms with van der Waals surface area (Å²) in [5.41, 5.74) is 1.84. The summed E-state index contributed by atoms with van der Waals surface area (Å²) in [6, 6.07) is 8.02. The molecule has 0 radical (unpaired) electrons. The Kier molecular flexibility index (Phi) is 8.98. The molecule has 11 nitrogen and oxygen atoms in total. The van der Waals surface area contributed by atoms with Crippen molar-refractivity contribution in [3.63, 3.8) is 0 Å². The first kappa shape index (κ1) is 29.6. The Labute approximate surface area is 251 Å². The molecule has 0 aliphatic carbocycles. The lowest BCUT2D eigenvalue weighted by Gasteiger charge is -2.40. The topological polar surface area (TPSA) is 109 Å². The standard InChI is InChI=1S/C31H40FN7O4/c1-3-13-39(38-16-18-41-19-17-38)30-33-12-11-24(34-30)26-25(22-7-9-23(32)10-8-22)35-27(36-26)28-42-20-31(2,21-43-28)29(40)37-14-5-4-6-15-37/h7-12,28H,3-6,13-21H2,1-2H3,(H,35,36). The number of H-pyrrole nitrogens is 1. The number of hydrogen-bond donors (Lipinski definition) is 1. The summed E-state index contributed by atoms with van der Waals surface area (Å²) in [4.78, 5) is 33.0. The van der Waals surface area contributed by atoms with Crippen molar-refractivity contribution in [3.05, 3.63) is 48.2 Å². The van der Waals surface area contributed by atoms with Crippen LogP contribution in [0.4, 0.5) is 10.3 Å². The van der Waals surface area contributed by atoms with E-state index in [2.05, 4.69) is 26.9 Å². The number of halogens is 1. The van der Waals surface area contributed by atoms with E-state index in [1.54, 1.807) is 18.3 Å². The summed E-state index contributed by atoms with van der Waals surface area (Å²) < 4.78 is 31.7. The Balaban J connectivity index is 1.29. The normalized spacial score (nSPS) is 23.3. The second-order valence-electron chi connectivity index (χ2n) is 11.7. The fourth-order valence-electron chi connectivity index (χ4n) is 5.86. The van der Waals surface area contributed by atoms with Gasteiger partial charge in [0.2, 0.25) is 18.1 Å². The number of hydrogen-bond acceptors (Lipinski definition) is 9. The first-order chi connectivity index (χ1) is 20.9. The van der Waals surface area contributed by atoms with Crippen molar-refractivity contribution in [3.8, 4) is 22.6 Å². The summed E-state index contributed by atoms with van der Waals surface area (Å²) in [6.07, 6.45) is 5.09. The molecule has 1 N–H and O–H groups in total. The molecule has 3 saturated heterocycles. The third-order valence-electron chi connectivity index (χ3n) is 8.22. The molecule has 12 heteroatoms. The van der Waals surface area contributed by atoms with Gasteiger partial charge in [-0.15, -0.1) is 0 Å². The molecule has 3 aromatic rings. The van der Waals surface area contributed by atoms with Crippen LogP contribution in [0.25, 0.3) is 22.6 Å². The highest BCUT2D eigenvalue weighted by atomic mass is 19.1. The summed E-state index contributed by atoms with van der Waals surface area (Å²) in [5.74, 6) is 0.783. The minimum Gasteiger partial charge on any atom is -0.379 e. The predicted molar refractivity (Wildman–Crippen MR) is 158 cm³/mol. The van der Waals surface area contributed by atoms with Crippen LogP contribution in [0.5, 0.6) is 0 Å². The molecule has 0 unspecified atom stereocenters. The van der Waals surface area contributed by atoms with E-state index < -0.39 is 11.7 Å². The molecule has 2 aromatic heterocycles. The van der Waals surface area contributed by atoms with Gasteiger partial charge < -0.3 is 24.1 Å². The zero-order chi connectivity index (χ0) is 29.8. The first-order valence-corrected chi connectivity index (χ1v) is 15.3. The van der Waals surface area contributed by atoms with E-state index in [1.165, 1.54) is 12.1 Å². The first-order valence-electron chi connectivity index (χ1n) is 15.3. The number of aromatic nitrogens is 4. The number of rotatable bonds is 8. The highest BCUT2D eigenvalue weighted by Gasteiger charge is 2.43. The maximum atomic E-state index is 13.8. The van der Waals surface area contributed by atoms with Gasteiger partial charge >= 0.3 is 0 Å². The molecule has 6 rings (SSSR count). The van der Waals surface area contributed by atoms with E-state index in [9.17, 15) is 9.18 Å². The third-order valence-corrected chi connectivity index (χ3v) is 8.22. The molecular weight excluding hydrogens is 553 g/mol. The summed E-state index contributed by atoms with van der Waals surface area (Å²) >= 11 is 0. The molecule has 0 saturated carbocycles. The fourth-order valence-corrected chi connectivity index (χ4v) is 5.86. The molecule has 0 spiro atoms. The van der Waals surface area contributed by atoms with Gasteiger partial charge in [-0.1, -0.05) is 6.92 Å². The zero-order valence-corrected chi connectivity index (χ0v) is 24.9. The van der Waals surface area contributed by atoms with E-state index >= 15 is 0 Å². The van der Waals surface area contributed by atoms with E-state index in [-0.39, 0.29) is 24.9 Å². The average molecular weight is 594 g/mol. The van der Waals surface area contributed by atoms with Crippen LogP contribution in [0.1, 0.15) is 51.6 Å². The average Bonchev–Trinajstić information content (AvgIpc) is 3.50. The highest BCUT2D eigenvalue weighted by molar-refractivity contribution is 5.83. The number of ether oxygens (including phenoxy) is 3. The lowest BCUT2D eigenvalue weighted by molar-refractivity contribution is -0.234. The minimum absolute atomic E-state index is 0.0724. The molecule has 3 aliphatic heterocycles. The van der Waals surface area contributed by atoms with Gasteiger partial charge in [0.25, 0.3) is 0 Å². The second-order valence-corrected chi connectivity index (χ2v) is 11.7. The molecule has 230 valence electrons. The number of anilines is 1. The van der Waals surface area contributed by atoms with Gasteiger partial charge in [-0.2, -0.15) is 0 Å². The van der Waals surface area contributed by atoms with Crippen molar-refractivity contribution in [1.82, 2.24) is 29.8 Å². The lowest BCUT2D eigenvalue weighted by atomic mass is 9.89. The molecule has 1 amide bonds. The van der Waals surface area contributed by atoms with Gasteiger partial charge in [-0.25, -0.2) is 24.4 Å². The van der Waals surface area contributed by atoms with Crippen molar-refractivity contribution in [2.45, 2.75) is 45.8 Å². The van der Waals surface area contributed by atoms with E-state index in [0.29, 0.717) is 42.1 Å². The van der Waals surface area contributed by atoms with Crippen LogP contribution in [0, 0.1) is 11.2 Å². The summed E-state index contributed by atoms with van der Waals surface area (Å²) in [6.45, 7) is 9.63. The number of hydrazine groups is 1. The smallest absolute Gasteiger partial charge is 0.240 e. The van der Waals surface area contributed by atoms with Gasteiger partial charge in [0.1, 0.15) is 5.82 Å². The Bertz CT molecular complexity index is 1380. The molecule has 1 aromatic carbocycles. The minimum atomic E-state index is -0.790. The molecular formula is C31H40FN7O4. The molecule has 3 fully saturated rings. The van der Waals surface area contributed by atoms with E-state index in [4.69, 9.17) is 24.2 Å². The lowest BCUT2D eigenvalue weighted by Crippen LogP contribution is -2.51. The van der Waals surface area contributed by atoms with E-state index in [1.807, 2.05) is 17.9 Å². The number of nitrogens with one attached hydrogen (secondary N) is 1. The Hall–Kier alpha value is -3.45. The summed E-state index contributed by atoms with van der Waals surface area (Å²) in [7, 11) is 0. The summed E-state index contributed by atoms with van der Waals surface area (Å²) in [5, 5.41) is 4.33. The number of imidazole rings is 1. The third kappa shape index (κ3) is 6.42. The highest BCUT2D eigenvalue weighted by Crippen LogP contribution is 2.37. The van der Waals surface area contributed by atoms with Crippen LogP contribution >= 0.6 is 0 Å². The van der Waals surface area contributed by atoms with Crippen LogP contribution in [-0.2, 0) is 19.0 Å². The molecule has 43 heavy (non-hydrogen) atoms. The van der Waals surface area contributed by atoms with Crippen molar-refractivity contribution >= 4 is 11.9 Å². The van der Waals surface area contributed by atoms with Gasteiger partial charge in [0, 0.05) is 44.5 Å². The Morgan fingerprint density at radius 3 is 2.47 bits per heavy atom. The number of likely N-dealkylation sites (tertiary alicyclic amines) is 1. The van der Waals surface area contributed by atoms with Gasteiger partial charge in [0.15, 0.2) is 5.82 Å². The fraction of sp³-hybridized carbons (Fsp3) is 0.548. The van der Waals surface area contributed by atoms with E-state index in [0.717, 1.165) is 64.0 Å². The van der Waals surface area contributed by atoms with Crippen LogP contribution in [0.15, 0.2) is 36.5 Å². The van der Waals surface area contributed by atoms with Crippen molar-refractivity contribution in [2.75, 3.05) is 64.2 Å². The van der Waals surface area contributed by atoms with Crippen LogP contribution in [0.3, 0.4) is 0 Å². The number of morpholine rings is 1. The Morgan fingerprint density at radius 2 is 1.77 bits per heavy atom. The number of aromatic amines is 1. The maximum absolute atomic E-state index is 13.8. The molecule has 3 aliphatic rings. The SMILES string of the molecule is CCCN(c1nccc(-c2[nH]c(C3OCC(C)(C(=O)N4CCCCC4)CO3)nc2-c2ccc(F)cc2)n1)N1CCOCC1. The van der Waals surface area contributed by atoms with Crippen molar-refractivity contribution < 1.29 is 23.4 Å². The monoisotopic (exact) mass is 593 g/mol. The number of carbonyl (C=O) groups excluding carboxylic acids is 1. The number of benzene rings is 1.